The van der Waals surface area contributed by atoms with E-state index in [9.17, 15) is 33.6 Å². The number of carbonyl (C=O) groups excluding carboxylic acids is 7. The molecule has 0 saturated carbocycles. The van der Waals surface area contributed by atoms with Gasteiger partial charge in [-0.15, -0.1) is 11.6 Å². The van der Waals surface area contributed by atoms with Crippen molar-refractivity contribution in [2.24, 2.45) is 0 Å². The van der Waals surface area contributed by atoms with Crippen LogP contribution < -0.4 is 67.3 Å². The Kier molecular flexibility index (Phi) is 23.5. The van der Waals surface area contributed by atoms with E-state index in [1.807, 2.05) is 0 Å². The first-order valence-electron chi connectivity index (χ1n) is 11.2. The molecule has 1 rings (SSSR count). The number of allylic oxidation sites excluding steroid dienone is 1. The summed E-state index contributed by atoms with van der Waals surface area (Å²) < 4.78 is 4.68. The van der Waals surface area contributed by atoms with E-state index in [4.69, 9.17) is 7.85 Å². The van der Waals surface area contributed by atoms with Crippen LogP contribution in [0.5, 0.6) is 0 Å². The van der Waals surface area contributed by atoms with Crippen LogP contribution in [0, 0.1) is 6.07 Å². The Labute approximate surface area is 295 Å². The molecule has 1 unspecified atom stereocenters. The molecule has 0 spiro atoms. The van der Waals surface area contributed by atoms with Crippen LogP contribution in [0.3, 0.4) is 0 Å². The average Bonchev–Trinajstić information content (AvgIpc) is 2.87. The number of benzene rings is 1. The Morgan fingerprint density at radius 1 is 1.15 bits per heavy atom. The third-order valence-electron chi connectivity index (χ3n) is 4.70. The molecule has 3 N–H and O–H groups in total. The van der Waals surface area contributed by atoms with Gasteiger partial charge in [0.25, 0.3) is 0 Å². The van der Waals surface area contributed by atoms with Gasteiger partial charge >= 0.3 is 51.4 Å². The molecule has 0 aliphatic carbocycles. The normalized spacial score (nSPS) is 10.6. The molecule has 1 aromatic carbocycles. The molecule has 199 valence electrons. The number of hydrogen-bond acceptors (Lipinski definition) is 8. The van der Waals surface area contributed by atoms with Gasteiger partial charge in [0.1, 0.15) is 6.29 Å². The van der Waals surface area contributed by atoms with Gasteiger partial charge in [0.2, 0.25) is 37.3 Å². The summed E-state index contributed by atoms with van der Waals surface area (Å²) in [4.78, 5) is 81.0. The molecule has 0 saturated heterocycles. The first-order chi connectivity index (χ1) is 17.6. The SMILES string of the molecule is [B]C(=O)OCc1cc[c-]c(NC(=O)CCNC(=O)CCC([C-]=O)NC(=O)CCN(C)C(=O)/C=C\C=O)c1.[K+].[Y]. The van der Waals surface area contributed by atoms with Crippen LogP contribution in [0.2, 0.25) is 0 Å². The van der Waals surface area contributed by atoms with Gasteiger partial charge in [0, 0.05) is 78.2 Å². The van der Waals surface area contributed by atoms with E-state index < -0.39 is 29.6 Å². The van der Waals surface area contributed by atoms with Crippen LogP contribution in [0.4, 0.5) is 10.5 Å². The van der Waals surface area contributed by atoms with Crippen molar-refractivity contribution < 1.29 is 122 Å². The summed E-state index contributed by atoms with van der Waals surface area (Å²) in [5.74, 6) is -2.69. The number of likely N-dealkylation sites (N-methyl/N-ethyl adjacent to an activating group) is 1. The van der Waals surface area contributed by atoms with Crippen molar-refractivity contribution in [2.45, 2.75) is 38.3 Å². The predicted octanol–water partition coefficient (Wildman–Crippen LogP) is -3.28. The van der Waals surface area contributed by atoms with Gasteiger partial charge in [-0.25, -0.2) is 6.29 Å². The first-order valence-corrected chi connectivity index (χ1v) is 11.2. The summed E-state index contributed by atoms with van der Waals surface area (Å²) in [6.45, 7) is 0.0422. The minimum atomic E-state index is -1.01. The van der Waals surface area contributed by atoms with E-state index in [0.717, 1.165) is 12.2 Å². The number of ether oxygens (including phenoxy) is 1. The molecule has 0 bridgehead atoms. The molecule has 0 aromatic heterocycles. The van der Waals surface area contributed by atoms with Crippen molar-refractivity contribution in [2.75, 3.05) is 25.5 Å². The molecule has 3 radical (unpaired) electrons. The number of aldehydes is 1. The van der Waals surface area contributed by atoms with Crippen molar-refractivity contribution >= 4 is 55.6 Å². The maximum Gasteiger partial charge on any atom is 1.00 e. The number of carbonyl (C=O) groups is 6. The van der Waals surface area contributed by atoms with Crippen molar-refractivity contribution in [1.82, 2.24) is 15.5 Å². The zero-order valence-electron chi connectivity index (χ0n) is 21.9. The Balaban J connectivity index is 0. The van der Waals surface area contributed by atoms with E-state index in [-0.39, 0.29) is 135 Å². The third kappa shape index (κ3) is 19.2. The fourth-order valence-electron chi connectivity index (χ4n) is 2.78. The predicted molar refractivity (Wildman–Crippen MR) is 132 cm³/mol. The summed E-state index contributed by atoms with van der Waals surface area (Å²) in [5, 5.41) is 7.57. The van der Waals surface area contributed by atoms with E-state index in [0.29, 0.717) is 17.5 Å². The second-order valence-electron chi connectivity index (χ2n) is 7.65. The summed E-state index contributed by atoms with van der Waals surface area (Å²) in [6.07, 6.45) is 4.00. The molecule has 1 aromatic rings. The van der Waals surface area contributed by atoms with Gasteiger partial charge in [0.15, 0.2) is 0 Å². The topological polar surface area (TPSA) is 168 Å². The smallest absolute Gasteiger partial charge is 0.540 e. The quantitative estimate of drug-likeness (QED) is 0.0734. The standard InChI is InChI=1S/C24H27BN4O8.K.Y/c1-29(23(35)6-3-13-30)12-10-22(34)28-19(15-31)7-8-20(32)26-11-9-21(33)27-18-5-2-4-17(14-18)16-37-24(25)36;;/h2-4,6,13-14,19H,7-12,16H2,1H3,(H,26,32)(H,27,33)(H,28,34);;/q-2;+1;/b6-3-;;. The molecule has 4 amide bonds. The molecule has 0 heterocycles. The Morgan fingerprint density at radius 3 is 2.51 bits per heavy atom. The van der Waals surface area contributed by atoms with E-state index >= 15 is 0 Å². The molecule has 15 heteroatoms. The van der Waals surface area contributed by atoms with Crippen LogP contribution in [0.1, 0.15) is 31.2 Å². The molecule has 0 fully saturated rings. The van der Waals surface area contributed by atoms with E-state index in [1.165, 1.54) is 11.9 Å². The fraction of sp³-hybridized carbons (Fsp3) is 0.375. The average molecular weight is 638 g/mol. The van der Waals surface area contributed by atoms with Crippen LogP contribution in [-0.4, -0.2) is 81.0 Å². The van der Waals surface area contributed by atoms with Gasteiger partial charge in [-0.05, 0) is 12.5 Å². The number of hydrogen-bond donors (Lipinski definition) is 3. The van der Waals surface area contributed by atoms with Gasteiger partial charge in [-0.1, -0.05) is 11.7 Å². The minimum absolute atomic E-state index is 0. The number of rotatable bonds is 16. The molecule has 0 aliphatic heterocycles. The maximum atomic E-state index is 12.1. The van der Waals surface area contributed by atoms with Crippen molar-refractivity contribution in [3.8, 4) is 0 Å². The Morgan fingerprint density at radius 2 is 1.87 bits per heavy atom. The van der Waals surface area contributed by atoms with Crippen LogP contribution in [0.15, 0.2) is 30.4 Å². The number of amides is 4. The minimum Gasteiger partial charge on any atom is -0.540 e. The molecule has 39 heavy (non-hydrogen) atoms. The molecule has 12 nitrogen and oxygen atoms in total. The second-order valence-corrected chi connectivity index (χ2v) is 7.65. The number of nitrogens with one attached hydrogen (secondary N) is 3. The van der Waals surface area contributed by atoms with Crippen LogP contribution >= 0.6 is 0 Å². The van der Waals surface area contributed by atoms with Gasteiger partial charge < -0.3 is 30.4 Å². The monoisotopic (exact) mass is 638 g/mol. The van der Waals surface area contributed by atoms with E-state index in [2.05, 4.69) is 26.8 Å². The Hall–Kier alpha value is -1.54. The number of nitrogens with zero attached hydrogens (tertiary/aromatic N) is 1. The van der Waals surface area contributed by atoms with Gasteiger partial charge in [-0.2, -0.15) is 18.2 Å². The Bertz CT molecular complexity index is 1030. The van der Waals surface area contributed by atoms with Crippen molar-refractivity contribution in [3.05, 3.63) is 42.0 Å². The van der Waals surface area contributed by atoms with Crippen LogP contribution in [-0.2, 0) is 72.8 Å². The molecule has 1 atom stereocenters. The fourth-order valence-corrected chi connectivity index (χ4v) is 2.78. The van der Waals surface area contributed by atoms with E-state index in [1.54, 1.807) is 24.5 Å². The molecular formula is C24H27BKN4O8Y-. The summed E-state index contributed by atoms with van der Waals surface area (Å²) in [7, 11) is 6.37. The zero-order chi connectivity index (χ0) is 27.6. The van der Waals surface area contributed by atoms with Crippen molar-refractivity contribution in [3.63, 3.8) is 0 Å². The third-order valence-corrected chi connectivity index (χ3v) is 4.70. The van der Waals surface area contributed by atoms with Crippen molar-refractivity contribution in [1.29, 1.82) is 0 Å². The first kappa shape index (κ1) is 39.6. The summed E-state index contributed by atoms with van der Waals surface area (Å²) in [6, 6.07) is 6.54. The van der Waals surface area contributed by atoms with Gasteiger partial charge in [-0.3, -0.25) is 28.8 Å². The maximum absolute atomic E-state index is 12.1. The molecule has 0 aliphatic rings. The number of anilines is 1. The summed E-state index contributed by atoms with van der Waals surface area (Å²) in [5.41, 5.74) is 0.956. The largest absolute Gasteiger partial charge is 1.00 e. The summed E-state index contributed by atoms with van der Waals surface area (Å²) >= 11 is 0. The van der Waals surface area contributed by atoms with Crippen LogP contribution in [0.25, 0.3) is 0 Å². The zero-order valence-corrected chi connectivity index (χ0v) is 27.8. The second kappa shape index (κ2) is 23.2. The van der Waals surface area contributed by atoms with Gasteiger partial charge in [0.05, 0.1) is 6.61 Å². The molecular weight excluding hydrogens is 611 g/mol.